The van der Waals surface area contributed by atoms with Crippen LogP contribution in [0.2, 0.25) is 0 Å². The van der Waals surface area contributed by atoms with Crippen LogP contribution in [-0.4, -0.2) is 49.4 Å². The fourth-order valence-electron chi connectivity index (χ4n) is 1.94. The minimum absolute atomic E-state index is 0.767. The molecule has 1 N–H and O–H groups in total. The number of rotatable bonds is 10. The molecule has 0 unspecified atom stereocenters. The summed E-state index contributed by atoms with van der Waals surface area (Å²) in [5, 5.41) is 3.35. The molecule has 1 heterocycles. The third-order valence-electron chi connectivity index (χ3n) is 3.19. The zero-order valence-corrected chi connectivity index (χ0v) is 12.0. The number of likely N-dealkylation sites (N-methyl/N-ethyl adjacent to an activating group) is 1. The lowest BCUT2D eigenvalue weighted by Crippen LogP contribution is -2.26. The summed E-state index contributed by atoms with van der Waals surface area (Å²) in [5.41, 5.74) is 1.34. The standard InChI is InChI=1S/C14H27N3O/c1-4-16(5-2)9-10-17-8-6-14(13-17)12-15-7-11-18-3/h6,8,13,15H,4-5,7,9-12H2,1-3H3. The van der Waals surface area contributed by atoms with Crippen molar-refractivity contribution >= 4 is 0 Å². The van der Waals surface area contributed by atoms with Crippen molar-refractivity contribution in [3.8, 4) is 0 Å². The lowest BCUT2D eigenvalue weighted by Gasteiger charge is -2.17. The summed E-state index contributed by atoms with van der Waals surface area (Å²) in [6, 6.07) is 2.18. The molecule has 0 radical (unpaired) electrons. The van der Waals surface area contributed by atoms with Crippen molar-refractivity contribution in [1.29, 1.82) is 0 Å². The minimum Gasteiger partial charge on any atom is -0.383 e. The monoisotopic (exact) mass is 253 g/mol. The Bertz CT molecular complexity index is 308. The third kappa shape index (κ3) is 5.67. The number of methoxy groups -OCH3 is 1. The van der Waals surface area contributed by atoms with Crippen LogP contribution in [0.4, 0.5) is 0 Å². The summed E-state index contributed by atoms with van der Waals surface area (Å²) in [7, 11) is 1.73. The van der Waals surface area contributed by atoms with Crippen LogP contribution in [0.25, 0.3) is 0 Å². The smallest absolute Gasteiger partial charge is 0.0587 e. The van der Waals surface area contributed by atoms with Gasteiger partial charge in [0.1, 0.15) is 0 Å². The highest BCUT2D eigenvalue weighted by molar-refractivity contribution is 5.09. The van der Waals surface area contributed by atoms with Crippen molar-refractivity contribution in [1.82, 2.24) is 14.8 Å². The van der Waals surface area contributed by atoms with Crippen molar-refractivity contribution in [3.05, 3.63) is 24.0 Å². The Morgan fingerprint density at radius 3 is 2.78 bits per heavy atom. The number of hydrogen-bond donors (Lipinski definition) is 1. The quantitative estimate of drug-likeness (QED) is 0.642. The van der Waals surface area contributed by atoms with Crippen LogP contribution in [0.3, 0.4) is 0 Å². The summed E-state index contributed by atoms with van der Waals surface area (Å²) >= 11 is 0. The fraction of sp³-hybridized carbons (Fsp3) is 0.714. The Morgan fingerprint density at radius 1 is 1.33 bits per heavy atom. The van der Waals surface area contributed by atoms with Gasteiger partial charge in [-0.15, -0.1) is 0 Å². The zero-order valence-electron chi connectivity index (χ0n) is 12.0. The van der Waals surface area contributed by atoms with E-state index in [-0.39, 0.29) is 0 Å². The van der Waals surface area contributed by atoms with Gasteiger partial charge in [-0.25, -0.2) is 0 Å². The maximum Gasteiger partial charge on any atom is 0.0587 e. The number of aromatic nitrogens is 1. The van der Waals surface area contributed by atoms with Gasteiger partial charge in [0.25, 0.3) is 0 Å². The van der Waals surface area contributed by atoms with E-state index in [4.69, 9.17) is 4.74 Å². The van der Waals surface area contributed by atoms with Gasteiger partial charge in [0.15, 0.2) is 0 Å². The molecule has 1 rings (SSSR count). The Morgan fingerprint density at radius 2 is 2.11 bits per heavy atom. The molecule has 4 heteroatoms. The van der Waals surface area contributed by atoms with E-state index in [1.165, 1.54) is 5.56 Å². The third-order valence-corrected chi connectivity index (χ3v) is 3.19. The van der Waals surface area contributed by atoms with E-state index in [9.17, 15) is 0 Å². The molecule has 0 amide bonds. The summed E-state index contributed by atoms with van der Waals surface area (Å²) in [6.45, 7) is 11.5. The molecular weight excluding hydrogens is 226 g/mol. The molecule has 1 aromatic heterocycles. The normalized spacial score (nSPS) is 11.3. The van der Waals surface area contributed by atoms with Gasteiger partial charge in [-0.2, -0.15) is 0 Å². The average Bonchev–Trinajstić information content (AvgIpc) is 2.84. The fourth-order valence-corrected chi connectivity index (χ4v) is 1.94. The van der Waals surface area contributed by atoms with Crippen LogP contribution in [0.1, 0.15) is 19.4 Å². The van der Waals surface area contributed by atoms with E-state index >= 15 is 0 Å². The first-order valence-electron chi connectivity index (χ1n) is 6.86. The predicted molar refractivity (Wildman–Crippen MR) is 75.8 cm³/mol. The van der Waals surface area contributed by atoms with Gasteiger partial charge >= 0.3 is 0 Å². The molecule has 0 atom stereocenters. The van der Waals surface area contributed by atoms with Crippen molar-refractivity contribution in [2.75, 3.05) is 39.9 Å². The van der Waals surface area contributed by atoms with Crippen LogP contribution in [0.5, 0.6) is 0 Å². The van der Waals surface area contributed by atoms with E-state index < -0.39 is 0 Å². The Labute approximate surface area is 111 Å². The first-order chi connectivity index (χ1) is 8.80. The summed E-state index contributed by atoms with van der Waals surface area (Å²) in [6.07, 6.45) is 4.39. The van der Waals surface area contributed by atoms with Crippen molar-refractivity contribution in [3.63, 3.8) is 0 Å². The van der Waals surface area contributed by atoms with Gasteiger partial charge in [0.05, 0.1) is 6.61 Å². The topological polar surface area (TPSA) is 29.4 Å². The Balaban J connectivity index is 2.25. The Hall–Kier alpha value is -0.840. The first-order valence-corrected chi connectivity index (χ1v) is 6.86. The lowest BCUT2D eigenvalue weighted by atomic mass is 10.3. The van der Waals surface area contributed by atoms with Crippen LogP contribution < -0.4 is 5.32 Å². The number of ether oxygens (including phenoxy) is 1. The van der Waals surface area contributed by atoms with Crippen molar-refractivity contribution < 1.29 is 4.74 Å². The van der Waals surface area contributed by atoms with Crippen LogP contribution in [-0.2, 0) is 17.8 Å². The van der Waals surface area contributed by atoms with Gasteiger partial charge in [0, 0.05) is 45.7 Å². The summed E-state index contributed by atoms with van der Waals surface area (Å²) in [5.74, 6) is 0. The largest absolute Gasteiger partial charge is 0.383 e. The lowest BCUT2D eigenvalue weighted by molar-refractivity contribution is 0.199. The SMILES string of the molecule is CCN(CC)CCn1ccc(CNCCOC)c1. The van der Waals surface area contributed by atoms with Crippen LogP contribution in [0.15, 0.2) is 18.5 Å². The summed E-state index contributed by atoms with van der Waals surface area (Å²) in [4.78, 5) is 2.44. The highest BCUT2D eigenvalue weighted by atomic mass is 16.5. The molecule has 1 aromatic rings. The molecule has 0 spiro atoms. The van der Waals surface area contributed by atoms with Gasteiger partial charge < -0.3 is 19.5 Å². The maximum atomic E-state index is 5.00. The number of hydrogen-bond acceptors (Lipinski definition) is 3. The second-order valence-electron chi connectivity index (χ2n) is 4.45. The molecule has 0 aliphatic rings. The Kier molecular flexibility index (Phi) is 7.73. The second-order valence-corrected chi connectivity index (χ2v) is 4.45. The second kappa shape index (κ2) is 9.14. The van der Waals surface area contributed by atoms with Crippen molar-refractivity contribution in [2.24, 2.45) is 0 Å². The molecule has 0 saturated carbocycles. The number of nitrogens with zero attached hydrogens (tertiary/aromatic N) is 2. The van der Waals surface area contributed by atoms with E-state index in [1.807, 2.05) is 0 Å². The molecule has 0 aromatic carbocycles. The number of nitrogens with one attached hydrogen (secondary N) is 1. The first kappa shape index (κ1) is 15.2. The maximum absolute atomic E-state index is 5.00. The van der Waals surface area contributed by atoms with E-state index in [0.29, 0.717) is 0 Å². The average molecular weight is 253 g/mol. The predicted octanol–water partition coefficient (Wildman–Crippen LogP) is 1.57. The molecule has 0 saturated heterocycles. The molecule has 104 valence electrons. The van der Waals surface area contributed by atoms with Gasteiger partial charge in [-0.3, -0.25) is 0 Å². The molecule has 0 aliphatic carbocycles. The molecule has 4 nitrogen and oxygen atoms in total. The molecule has 18 heavy (non-hydrogen) atoms. The van der Waals surface area contributed by atoms with Gasteiger partial charge in [0.2, 0.25) is 0 Å². The zero-order chi connectivity index (χ0) is 13.2. The van der Waals surface area contributed by atoms with Crippen LogP contribution in [0, 0.1) is 0 Å². The highest BCUT2D eigenvalue weighted by Crippen LogP contribution is 2.01. The summed E-state index contributed by atoms with van der Waals surface area (Å²) < 4.78 is 7.27. The van der Waals surface area contributed by atoms with Crippen LogP contribution >= 0.6 is 0 Å². The van der Waals surface area contributed by atoms with Gasteiger partial charge in [-0.1, -0.05) is 13.8 Å². The van der Waals surface area contributed by atoms with E-state index in [1.54, 1.807) is 7.11 Å². The molecular formula is C14H27N3O. The molecule has 0 aliphatic heterocycles. The highest BCUT2D eigenvalue weighted by Gasteiger charge is 2.00. The van der Waals surface area contributed by atoms with Crippen molar-refractivity contribution in [2.45, 2.75) is 26.9 Å². The van der Waals surface area contributed by atoms with E-state index in [0.717, 1.165) is 45.9 Å². The van der Waals surface area contributed by atoms with Gasteiger partial charge in [-0.05, 0) is 24.7 Å². The molecule has 0 fully saturated rings. The molecule has 0 bridgehead atoms. The van der Waals surface area contributed by atoms with E-state index in [2.05, 4.69) is 47.1 Å². The minimum atomic E-state index is 0.767.